The quantitative estimate of drug-likeness (QED) is 0.793. The maximum absolute atomic E-state index is 12.1. The molecule has 0 spiro atoms. The zero-order valence-electron chi connectivity index (χ0n) is 12.2. The smallest absolute Gasteiger partial charge is 0.251 e. The van der Waals surface area contributed by atoms with Crippen LogP contribution in [0.5, 0.6) is 5.75 Å². The summed E-state index contributed by atoms with van der Waals surface area (Å²) in [4.78, 5) is 12.1. The fourth-order valence-electron chi connectivity index (χ4n) is 2.07. The lowest BCUT2D eigenvalue weighted by Gasteiger charge is -2.20. The minimum Gasteiger partial charge on any atom is -0.506 e. The van der Waals surface area contributed by atoms with E-state index in [-0.39, 0.29) is 16.7 Å². The third-order valence-corrected chi connectivity index (χ3v) is 3.74. The Morgan fingerprint density at radius 2 is 1.91 bits per heavy atom. The monoisotopic (exact) mass is 319 g/mol. The Morgan fingerprint density at radius 1 is 1.23 bits per heavy atom. The minimum atomic E-state index is -0.695. The summed E-state index contributed by atoms with van der Waals surface area (Å²) < 4.78 is 0. The fraction of sp³-hybridized carbons (Fsp3) is 0.235. The number of phenols is 1. The minimum absolute atomic E-state index is 0.0737. The molecular formula is C17H18ClNO3. The van der Waals surface area contributed by atoms with Gasteiger partial charge in [0.25, 0.3) is 5.91 Å². The maximum atomic E-state index is 12.1. The van der Waals surface area contributed by atoms with E-state index in [1.165, 1.54) is 18.2 Å². The van der Waals surface area contributed by atoms with E-state index in [2.05, 4.69) is 5.32 Å². The van der Waals surface area contributed by atoms with E-state index in [0.717, 1.165) is 5.56 Å². The number of aromatic hydroxyl groups is 1. The SMILES string of the molecule is CC(NC(=O)c1ccc(O)c(Cl)c1)C(O)Cc1ccccc1. The number of phenolic OH excluding ortho intramolecular Hbond substituents is 1. The first-order valence-electron chi connectivity index (χ1n) is 6.98. The number of amides is 1. The molecule has 0 aromatic heterocycles. The van der Waals surface area contributed by atoms with E-state index in [4.69, 9.17) is 11.6 Å². The summed E-state index contributed by atoms with van der Waals surface area (Å²) in [5, 5.41) is 22.4. The van der Waals surface area contributed by atoms with Gasteiger partial charge in [-0.15, -0.1) is 0 Å². The standard InChI is InChI=1S/C17H18ClNO3/c1-11(16(21)9-12-5-3-2-4-6-12)19-17(22)13-7-8-15(20)14(18)10-13/h2-8,10-11,16,20-21H,9H2,1H3,(H,19,22). The lowest BCUT2D eigenvalue weighted by atomic mass is 10.0. The summed E-state index contributed by atoms with van der Waals surface area (Å²) >= 11 is 5.78. The fourth-order valence-corrected chi connectivity index (χ4v) is 2.25. The normalized spacial score (nSPS) is 13.4. The van der Waals surface area contributed by atoms with Crippen molar-refractivity contribution in [1.29, 1.82) is 0 Å². The van der Waals surface area contributed by atoms with Gasteiger partial charge in [0.1, 0.15) is 5.75 Å². The summed E-state index contributed by atoms with van der Waals surface area (Å²) in [5.41, 5.74) is 1.34. The maximum Gasteiger partial charge on any atom is 0.251 e. The summed E-state index contributed by atoms with van der Waals surface area (Å²) in [6.45, 7) is 1.74. The summed E-state index contributed by atoms with van der Waals surface area (Å²) in [6.07, 6.45) is -0.238. The van der Waals surface area contributed by atoms with Gasteiger partial charge in [0.2, 0.25) is 0 Å². The molecule has 0 heterocycles. The van der Waals surface area contributed by atoms with Gasteiger partial charge in [-0.25, -0.2) is 0 Å². The molecule has 0 saturated carbocycles. The Morgan fingerprint density at radius 3 is 2.55 bits per heavy atom. The van der Waals surface area contributed by atoms with Crippen LogP contribution in [0.2, 0.25) is 5.02 Å². The molecule has 4 nitrogen and oxygen atoms in total. The Labute approximate surface area is 134 Å². The number of aliphatic hydroxyl groups excluding tert-OH is 1. The molecule has 5 heteroatoms. The molecule has 0 radical (unpaired) electrons. The van der Waals surface area contributed by atoms with Gasteiger partial charge in [0.05, 0.1) is 17.2 Å². The molecule has 22 heavy (non-hydrogen) atoms. The molecule has 2 rings (SSSR count). The van der Waals surface area contributed by atoms with Gasteiger partial charge in [-0.3, -0.25) is 4.79 Å². The van der Waals surface area contributed by atoms with Crippen LogP contribution in [0.3, 0.4) is 0 Å². The number of carbonyl (C=O) groups is 1. The van der Waals surface area contributed by atoms with Crippen LogP contribution in [-0.2, 0) is 6.42 Å². The first-order valence-corrected chi connectivity index (χ1v) is 7.36. The van der Waals surface area contributed by atoms with Gasteiger partial charge in [0, 0.05) is 12.0 Å². The third-order valence-electron chi connectivity index (χ3n) is 3.43. The molecular weight excluding hydrogens is 302 g/mol. The lowest BCUT2D eigenvalue weighted by molar-refractivity contribution is 0.0852. The van der Waals surface area contributed by atoms with E-state index in [0.29, 0.717) is 12.0 Å². The van der Waals surface area contributed by atoms with E-state index in [1.54, 1.807) is 6.92 Å². The second kappa shape index (κ2) is 7.29. The number of halogens is 1. The lowest BCUT2D eigenvalue weighted by Crippen LogP contribution is -2.42. The van der Waals surface area contributed by atoms with Crippen LogP contribution in [0.15, 0.2) is 48.5 Å². The molecule has 0 fully saturated rings. The highest BCUT2D eigenvalue weighted by Gasteiger charge is 2.18. The first kappa shape index (κ1) is 16.3. The first-order chi connectivity index (χ1) is 10.5. The van der Waals surface area contributed by atoms with E-state index in [1.807, 2.05) is 30.3 Å². The van der Waals surface area contributed by atoms with E-state index in [9.17, 15) is 15.0 Å². The Balaban J connectivity index is 1.96. The van der Waals surface area contributed by atoms with Crippen molar-refractivity contribution in [2.24, 2.45) is 0 Å². The Kier molecular flexibility index (Phi) is 5.41. The summed E-state index contributed by atoms with van der Waals surface area (Å²) in [5.74, 6) is -0.420. The van der Waals surface area contributed by atoms with Crippen molar-refractivity contribution in [1.82, 2.24) is 5.32 Å². The molecule has 2 aromatic rings. The number of aliphatic hydroxyl groups is 1. The zero-order chi connectivity index (χ0) is 16.1. The van der Waals surface area contributed by atoms with E-state index < -0.39 is 12.1 Å². The molecule has 2 atom stereocenters. The van der Waals surface area contributed by atoms with Gasteiger partial charge >= 0.3 is 0 Å². The number of nitrogens with one attached hydrogen (secondary N) is 1. The topological polar surface area (TPSA) is 69.6 Å². The van der Waals surface area contributed by atoms with Crippen LogP contribution in [0, 0.1) is 0 Å². The van der Waals surface area contributed by atoms with Gasteiger partial charge in [-0.2, -0.15) is 0 Å². The largest absolute Gasteiger partial charge is 0.506 e. The highest BCUT2D eigenvalue weighted by Crippen LogP contribution is 2.23. The molecule has 0 bridgehead atoms. The molecule has 0 aliphatic heterocycles. The van der Waals surface area contributed by atoms with Crippen LogP contribution in [0.25, 0.3) is 0 Å². The van der Waals surface area contributed by atoms with Gasteiger partial charge in [0.15, 0.2) is 0 Å². The van der Waals surface area contributed by atoms with Crippen molar-refractivity contribution in [3.8, 4) is 5.75 Å². The molecule has 2 aromatic carbocycles. The Bertz CT molecular complexity index is 646. The van der Waals surface area contributed by atoms with E-state index >= 15 is 0 Å². The number of benzene rings is 2. The molecule has 116 valence electrons. The van der Waals surface area contributed by atoms with Crippen LogP contribution < -0.4 is 5.32 Å². The average molecular weight is 320 g/mol. The number of hydrogen-bond acceptors (Lipinski definition) is 3. The van der Waals surface area contributed by atoms with Gasteiger partial charge in [-0.05, 0) is 30.7 Å². The van der Waals surface area contributed by atoms with Crippen LogP contribution in [0.1, 0.15) is 22.8 Å². The second-order valence-electron chi connectivity index (χ2n) is 5.19. The highest BCUT2D eigenvalue weighted by molar-refractivity contribution is 6.32. The predicted octanol–water partition coefficient (Wildman–Crippen LogP) is 2.77. The van der Waals surface area contributed by atoms with Crippen molar-refractivity contribution < 1.29 is 15.0 Å². The molecule has 1 amide bonds. The van der Waals surface area contributed by atoms with Crippen molar-refractivity contribution in [2.75, 3.05) is 0 Å². The highest BCUT2D eigenvalue weighted by atomic mass is 35.5. The summed E-state index contributed by atoms with van der Waals surface area (Å²) in [7, 11) is 0. The average Bonchev–Trinajstić information content (AvgIpc) is 2.50. The molecule has 0 aliphatic carbocycles. The zero-order valence-corrected chi connectivity index (χ0v) is 12.9. The number of rotatable bonds is 5. The van der Waals surface area contributed by atoms with Crippen LogP contribution in [0.4, 0.5) is 0 Å². The third kappa shape index (κ3) is 4.23. The van der Waals surface area contributed by atoms with Gasteiger partial charge < -0.3 is 15.5 Å². The molecule has 2 unspecified atom stereocenters. The van der Waals surface area contributed by atoms with Crippen LogP contribution in [-0.4, -0.2) is 28.3 Å². The molecule has 0 saturated heterocycles. The second-order valence-corrected chi connectivity index (χ2v) is 5.59. The molecule has 0 aliphatic rings. The van der Waals surface area contributed by atoms with Crippen LogP contribution >= 0.6 is 11.6 Å². The van der Waals surface area contributed by atoms with Crippen molar-refractivity contribution in [3.63, 3.8) is 0 Å². The van der Waals surface area contributed by atoms with Crippen molar-refractivity contribution in [3.05, 3.63) is 64.7 Å². The van der Waals surface area contributed by atoms with Crippen molar-refractivity contribution >= 4 is 17.5 Å². The Hall–Kier alpha value is -2.04. The van der Waals surface area contributed by atoms with Crippen molar-refractivity contribution in [2.45, 2.75) is 25.5 Å². The summed E-state index contributed by atoms with van der Waals surface area (Å²) in [6, 6.07) is 13.4. The van der Waals surface area contributed by atoms with Gasteiger partial charge in [-0.1, -0.05) is 41.9 Å². The molecule has 3 N–H and O–H groups in total. The number of hydrogen-bond donors (Lipinski definition) is 3. The number of carbonyl (C=O) groups excluding carboxylic acids is 1. The predicted molar refractivity (Wildman–Crippen MR) is 86.2 cm³/mol.